The molecule has 0 fully saturated rings. The zero-order chi connectivity index (χ0) is 13.1. The molecular weight excluding hydrogens is 296 g/mol. The average Bonchev–Trinajstić information content (AvgIpc) is 2.80. The van der Waals surface area contributed by atoms with Crippen molar-refractivity contribution < 1.29 is 9.63 Å². The van der Waals surface area contributed by atoms with Crippen LogP contribution in [0.25, 0.3) is 11.4 Å². The first kappa shape index (κ1) is 13.2. The molecule has 0 aliphatic heterocycles. The van der Waals surface area contributed by atoms with Gasteiger partial charge in [-0.1, -0.05) is 34.1 Å². The Morgan fingerprint density at radius 2 is 2.22 bits per heavy atom. The lowest BCUT2D eigenvalue weighted by molar-refractivity contribution is 0.158. The third-order valence-electron chi connectivity index (χ3n) is 2.79. The van der Waals surface area contributed by atoms with Crippen molar-refractivity contribution in [2.45, 2.75) is 32.8 Å². The molecule has 5 heteroatoms. The van der Waals surface area contributed by atoms with Crippen LogP contribution in [-0.2, 0) is 6.42 Å². The van der Waals surface area contributed by atoms with E-state index in [4.69, 9.17) is 4.52 Å². The summed E-state index contributed by atoms with van der Waals surface area (Å²) in [5.41, 5.74) is 2.02. The van der Waals surface area contributed by atoms with Gasteiger partial charge in [-0.2, -0.15) is 4.98 Å². The maximum Gasteiger partial charge on any atom is 0.229 e. The van der Waals surface area contributed by atoms with Crippen molar-refractivity contribution >= 4 is 15.9 Å². The zero-order valence-corrected chi connectivity index (χ0v) is 11.9. The van der Waals surface area contributed by atoms with Crippen LogP contribution in [0.4, 0.5) is 0 Å². The minimum absolute atomic E-state index is 0.399. The third-order valence-corrected chi connectivity index (χ3v) is 3.28. The first-order valence-electron chi connectivity index (χ1n) is 5.87. The molecule has 0 radical (unpaired) electrons. The largest absolute Gasteiger partial charge is 0.393 e. The van der Waals surface area contributed by atoms with E-state index in [0.29, 0.717) is 24.6 Å². The Labute approximate surface area is 114 Å². The molecular formula is C13H15BrN2O2. The smallest absolute Gasteiger partial charge is 0.229 e. The number of rotatable bonds is 4. The Morgan fingerprint density at radius 3 is 2.94 bits per heavy atom. The van der Waals surface area contributed by atoms with Gasteiger partial charge >= 0.3 is 0 Å². The van der Waals surface area contributed by atoms with Gasteiger partial charge in [-0.3, -0.25) is 0 Å². The summed E-state index contributed by atoms with van der Waals surface area (Å²) in [5.74, 6) is 1.03. The normalized spacial score (nSPS) is 12.7. The molecule has 0 spiro atoms. The van der Waals surface area contributed by atoms with Gasteiger partial charge in [0.1, 0.15) is 0 Å². The van der Waals surface area contributed by atoms with E-state index < -0.39 is 6.10 Å². The second-order valence-electron chi connectivity index (χ2n) is 4.24. The Balaban J connectivity index is 2.26. The fourth-order valence-corrected chi connectivity index (χ4v) is 1.99. The van der Waals surface area contributed by atoms with Gasteiger partial charge in [0, 0.05) is 10.0 Å². The molecule has 1 aromatic heterocycles. The van der Waals surface area contributed by atoms with Crippen molar-refractivity contribution in [3.8, 4) is 11.4 Å². The molecule has 1 unspecified atom stereocenters. The molecule has 0 aliphatic carbocycles. The topological polar surface area (TPSA) is 59.2 Å². The van der Waals surface area contributed by atoms with Crippen LogP contribution in [0.1, 0.15) is 24.8 Å². The van der Waals surface area contributed by atoms with E-state index >= 15 is 0 Å². The highest BCUT2D eigenvalue weighted by Gasteiger charge is 2.13. The highest BCUT2D eigenvalue weighted by atomic mass is 79.9. The van der Waals surface area contributed by atoms with Crippen LogP contribution in [0.5, 0.6) is 0 Å². The number of nitrogens with zero attached hydrogens (tertiary/aromatic N) is 2. The summed E-state index contributed by atoms with van der Waals surface area (Å²) in [6, 6.07) is 5.93. The number of hydrogen-bond donors (Lipinski definition) is 1. The average molecular weight is 311 g/mol. The maximum atomic E-state index is 9.55. The number of halogens is 1. The van der Waals surface area contributed by atoms with E-state index in [1.54, 1.807) is 0 Å². The predicted molar refractivity (Wildman–Crippen MR) is 72.2 cm³/mol. The fourth-order valence-electron chi connectivity index (χ4n) is 1.63. The lowest BCUT2D eigenvalue weighted by Crippen LogP contribution is -2.08. The molecule has 1 heterocycles. The van der Waals surface area contributed by atoms with Crippen molar-refractivity contribution in [2.75, 3.05) is 0 Å². The first-order chi connectivity index (χ1) is 8.60. The molecule has 1 N–H and O–H groups in total. The molecule has 2 rings (SSSR count). The van der Waals surface area contributed by atoms with Gasteiger partial charge in [0.25, 0.3) is 0 Å². The Bertz CT molecular complexity index is 540. The van der Waals surface area contributed by atoms with Gasteiger partial charge < -0.3 is 9.63 Å². The van der Waals surface area contributed by atoms with Crippen LogP contribution in [0.2, 0.25) is 0 Å². The Kier molecular flexibility index (Phi) is 4.14. The molecule has 18 heavy (non-hydrogen) atoms. The molecule has 2 aromatic rings. The Hall–Kier alpha value is -1.20. The van der Waals surface area contributed by atoms with Crippen LogP contribution in [0.15, 0.2) is 27.2 Å². The van der Waals surface area contributed by atoms with Gasteiger partial charge in [0.2, 0.25) is 11.7 Å². The molecule has 0 aliphatic rings. The third kappa shape index (κ3) is 2.97. The molecule has 0 saturated carbocycles. The molecule has 1 atom stereocenters. The zero-order valence-electron chi connectivity index (χ0n) is 10.4. The second kappa shape index (κ2) is 5.63. The Morgan fingerprint density at radius 1 is 1.44 bits per heavy atom. The number of aryl methyl sites for hydroxylation is 1. The number of aliphatic hydroxyl groups is 1. The van der Waals surface area contributed by atoms with Crippen LogP contribution < -0.4 is 0 Å². The standard InChI is InChI=1S/C13H15BrN2O2/c1-3-10(17)7-12-15-13(16-18-12)11-6-9(14)5-4-8(11)2/h4-6,10,17H,3,7H2,1-2H3. The summed E-state index contributed by atoms with van der Waals surface area (Å²) in [6.45, 7) is 3.92. The summed E-state index contributed by atoms with van der Waals surface area (Å²) in [7, 11) is 0. The summed E-state index contributed by atoms with van der Waals surface area (Å²) in [6.07, 6.45) is 0.645. The minimum atomic E-state index is -0.429. The number of hydrogen-bond acceptors (Lipinski definition) is 4. The fraction of sp³-hybridized carbons (Fsp3) is 0.385. The quantitative estimate of drug-likeness (QED) is 0.942. The van der Waals surface area contributed by atoms with Crippen LogP contribution in [0.3, 0.4) is 0 Å². The molecule has 96 valence electrons. The van der Waals surface area contributed by atoms with Crippen molar-refractivity contribution in [3.63, 3.8) is 0 Å². The lowest BCUT2D eigenvalue weighted by Gasteiger charge is -2.02. The van der Waals surface area contributed by atoms with E-state index in [-0.39, 0.29) is 0 Å². The van der Waals surface area contributed by atoms with Crippen molar-refractivity contribution in [2.24, 2.45) is 0 Å². The van der Waals surface area contributed by atoms with Crippen LogP contribution >= 0.6 is 15.9 Å². The minimum Gasteiger partial charge on any atom is -0.393 e. The SMILES string of the molecule is CCC(O)Cc1nc(-c2cc(Br)ccc2C)no1. The molecule has 1 aromatic carbocycles. The van der Waals surface area contributed by atoms with Crippen molar-refractivity contribution in [1.82, 2.24) is 10.1 Å². The second-order valence-corrected chi connectivity index (χ2v) is 5.15. The van der Waals surface area contributed by atoms with E-state index in [2.05, 4.69) is 26.1 Å². The van der Waals surface area contributed by atoms with E-state index in [1.807, 2.05) is 32.0 Å². The summed E-state index contributed by atoms with van der Waals surface area (Å²) in [5, 5.41) is 13.5. The summed E-state index contributed by atoms with van der Waals surface area (Å²) < 4.78 is 6.13. The van der Waals surface area contributed by atoms with Crippen molar-refractivity contribution in [3.05, 3.63) is 34.1 Å². The highest BCUT2D eigenvalue weighted by molar-refractivity contribution is 9.10. The van der Waals surface area contributed by atoms with Gasteiger partial charge in [-0.25, -0.2) is 0 Å². The molecule has 0 bridgehead atoms. The van der Waals surface area contributed by atoms with Gasteiger partial charge in [-0.15, -0.1) is 0 Å². The van der Waals surface area contributed by atoms with Crippen LogP contribution in [-0.4, -0.2) is 21.4 Å². The lowest BCUT2D eigenvalue weighted by atomic mass is 10.1. The summed E-state index contributed by atoms with van der Waals surface area (Å²) >= 11 is 3.43. The van der Waals surface area contributed by atoms with Gasteiger partial charge in [0.15, 0.2) is 0 Å². The van der Waals surface area contributed by atoms with Crippen LogP contribution in [0, 0.1) is 6.92 Å². The van der Waals surface area contributed by atoms with Gasteiger partial charge in [-0.05, 0) is 31.0 Å². The predicted octanol–water partition coefficient (Wildman–Crippen LogP) is 3.12. The molecule has 4 nitrogen and oxygen atoms in total. The monoisotopic (exact) mass is 310 g/mol. The maximum absolute atomic E-state index is 9.55. The number of aromatic nitrogens is 2. The van der Waals surface area contributed by atoms with Gasteiger partial charge in [0.05, 0.1) is 12.5 Å². The van der Waals surface area contributed by atoms with E-state index in [9.17, 15) is 5.11 Å². The van der Waals surface area contributed by atoms with Crippen molar-refractivity contribution in [1.29, 1.82) is 0 Å². The highest BCUT2D eigenvalue weighted by Crippen LogP contribution is 2.24. The van der Waals surface area contributed by atoms with E-state index in [1.165, 1.54) is 0 Å². The number of benzene rings is 1. The molecule has 0 amide bonds. The molecule has 0 saturated heterocycles. The number of aliphatic hydroxyl groups excluding tert-OH is 1. The summed E-state index contributed by atoms with van der Waals surface area (Å²) in [4.78, 5) is 4.31. The first-order valence-corrected chi connectivity index (χ1v) is 6.66. The van der Waals surface area contributed by atoms with E-state index in [0.717, 1.165) is 15.6 Å².